The molecular formula is C13H18FNO3. The molecule has 0 aromatic heterocycles. The highest BCUT2D eigenvalue weighted by Gasteiger charge is 2.21. The molecule has 0 radical (unpaired) electrons. The minimum atomic E-state index is -0.870. The van der Waals surface area contributed by atoms with E-state index in [0.29, 0.717) is 17.7 Å². The number of carboxylic acid groups (broad SMARTS) is 1. The van der Waals surface area contributed by atoms with Crippen molar-refractivity contribution in [1.29, 1.82) is 0 Å². The van der Waals surface area contributed by atoms with Crippen molar-refractivity contribution >= 4 is 5.97 Å². The van der Waals surface area contributed by atoms with E-state index < -0.39 is 11.9 Å². The molecule has 0 amide bonds. The van der Waals surface area contributed by atoms with Gasteiger partial charge in [0.1, 0.15) is 11.6 Å². The van der Waals surface area contributed by atoms with Crippen molar-refractivity contribution in [2.24, 2.45) is 5.92 Å². The second kappa shape index (κ2) is 6.35. The number of hydrogen-bond acceptors (Lipinski definition) is 3. The first-order chi connectivity index (χ1) is 8.49. The molecule has 100 valence electrons. The average Bonchev–Trinajstić information content (AvgIpc) is 2.35. The summed E-state index contributed by atoms with van der Waals surface area (Å²) in [4.78, 5) is 10.9. The summed E-state index contributed by atoms with van der Waals surface area (Å²) >= 11 is 0. The predicted octanol–water partition coefficient (Wildman–Crippen LogP) is 2.21. The molecule has 5 heteroatoms. The van der Waals surface area contributed by atoms with Crippen molar-refractivity contribution in [2.45, 2.75) is 19.4 Å². The number of rotatable bonds is 6. The summed E-state index contributed by atoms with van der Waals surface area (Å²) in [5, 5.41) is 11.9. The van der Waals surface area contributed by atoms with E-state index in [1.807, 2.05) is 0 Å². The van der Waals surface area contributed by atoms with E-state index in [1.54, 1.807) is 20.0 Å². The first kappa shape index (κ1) is 14.4. The van der Waals surface area contributed by atoms with E-state index >= 15 is 0 Å². The Morgan fingerprint density at radius 3 is 2.72 bits per heavy atom. The summed E-state index contributed by atoms with van der Waals surface area (Å²) in [6, 6.07) is 3.96. The lowest BCUT2D eigenvalue weighted by Gasteiger charge is -2.21. The molecule has 2 atom stereocenters. The first-order valence-electron chi connectivity index (χ1n) is 5.73. The number of carbonyl (C=O) groups is 1. The van der Waals surface area contributed by atoms with E-state index in [-0.39, 0.29) is 11.9 Å². The zero-order chi connectivity index (χ0) is 13.7. The standard InChI is InChI=1S/C13H18FNO3/c1-8(13(16)17)6-11(15-2)10-7-9(14)4-5-12(10)18-3/h4-5,7-8,11,15H,6H2,1-3H3,(H,16,17). The molecule has 2 unspecified atom stereocenters. The van der Waals surface area contributed by atoms with E-state index in [1.165, 1.54) is 19.2 Å². The Morgan fingerprint density at radius 2 is 2.22 bits per heavy atom. The number of halogens is 1. The smallest absolute Gasteiger partial charge is 0.306 e. The van der Waals surface area contributed by atoms with Crippen molar-refractivity contribution in [3.05, 3.63) is 29.6 Å². The normalized spacial score (nSPS) is 14.0. The molecule has 0 aliphatic heterocycles. The van der Waals surface area contributed by atoms with Gasteiger partial charge in [0, 0.05) is 11.6 Å². The zero-order valence-electron chi connectivity index (χ0n) is 10.7. The van der Waals surface area contributed by atoms with Gasteiger partial charge in [0.15, 0.2) is 0 Å². The Balaban J connectivity index is 3.00. The number of benzene rings is 1. The van der Waals surface area contributed by atoms with Crippen LogP contribution in [0.25, 0.3) is 0 Å². The number of aliphatic carboxylic acids is 1. The van der Waals surface area contributed by atoms with Gasteiger partial charge in [-0.1, -0.05) is 6.92 Å². The lowest BCUT2D eigenvalue weighted by molar-refractivity contribution is -0.141. The maximum absolute atomic E-state index is 13.3. The first-order valence-corrected chi connectivity index (χ1v) is 5.73. The van der Waals surface area contributed by atoms with Crippen molar-refractivity contribution < 1.29 is 19.0 Å². The van der Waals surface area contributed by atoms with Gasteiger partial charge in [-0.25, -0.2) is 4.39 Å². The van der Waals surface area contributed by atoms with Crippen molar-refractivity contribution in [3.8, 4) is 5.75 Å². The number of ether oxygens (including phenoxy) is 1. The highest BCUT2D eigenvalue weighted by atomic mass is 19.1. The lowest BCUT2D eigenvalue weighted by Crippen LogP contribution is -2.23. The average molecular weight is 255 g/mol. The predicted molar refractivity (Wildman–Crippen MR) is 66.2 cm³/mol. The van der Waals surface area contributed by atoms with Gasteiger partial charge in [-0.05, 0) is 31.7 Å². The van der Waals surface area contributed by atoms with Crippen LogP contribution in [0, 0.1) is 11.7 Å². The minimum absolute atomic E-state index is 0.262. The molecule has 0 saturated heterocycles. The minimum Gasteiger partial charge on any atom is -0.496 e. The zero-order valence-corrected chi connectivity index (χ0v) is 10.7. The fourth-order valence-electron chi connectivity index (χ4n) is 1.83. The largest absolute Gasteiger partial charge is 0.496 e. The van der Waals surface area contributed by atoms with Crippen LogP contribution >= 0.6 is 0 Å². The Labute approximate surface area is 106 Å². The van der Waals surface area contributed by atoms with Gasteiger partial charge < -0.3 is 15.2 Å². The molecule has 18 heavy (non-hydrogen) atoms. The van der Waals surface area contributed by atoms with Gasteiger partial charge >= 0.3 is 5.97 Å². The van der Waals surface area contributed by atoms with Crippen LogP contribution in [0.2, 0.25) is 0 Å². The van der Waals surface area contributed by atoms with E-state index in [2.05, 4.69) is 5.32 Å². The number of hydrogen-bond donors (Lipinski definition) is 2. The molecule has 4 nitrogen and oxygen atoms in total. The summed E-state index contributed by atoms with van der Waals surface area (Å²) in [6.07, 6.45) is 0.367. The Kier molecular flexibility index (Phi) is 5.09. The van der Waals surface area contributed by atoms with Gasteiger partial charge in [0.25, 0.3) is 0 Å². The van der Waals surface area contributed by atoms with Crippen LogP contribution in [0.5, 0.6) is 5.75 Å². The van der Waals surface area contributed by atoms with Gasteiger partial charge in [-0.2, -0.15) is 0 Å². The van der Waals surface area contributed by atoms with E-state index in [0.717, 1.165) is 0 Å². The fourth-order valence-corrected chi connectivity index (χ4v) is 1.83. The third kappa shape index (κ3) is 3.43. The molecule has 1 rings (SSSR count). The van der Waals surface area contributed by atoms with E-state index in [9.17, 15) is 9.18 Å². The molecule has 2 N–H and O–H groups in total. The number of carboxylic acids is 1. The maximum atomic E-state index is 13.3. The van der Waals surface area contributed by atoms with Crippen LogP contribution in [0.1, 0.15) is 24.9 Å². The molecule has 0 heterocycles. The summed E-state index contributed by atoms with van der Waals surface area (Å²) in [5.74, 6) is -1.21. The topological polar surface area (TPSA) is 58.6 Å². The van der Waals surface area contributed by atoms with Gasteiger partial charge in [-0.3, -0.25) is 4.79 Å². The molecule has 0 aliphatic carbocycles. The highest BCUT2D eigenvalue weighted by molar-refractivity contribution is 5.69. The Morgan fingerprint density at radius 1 is 1.56 bits per heavy atom. The van der Waals surface area contributed by atoms with Crippen molar-refractivity contribution in [3.63, 3.8) is 0 Å². The SMILES string of the molecule is CNC(CC(C)C(=O)O)c1cc(F)ccc1OC. The van der Waals surface area contributed by atoms with Gasteiger partial charge in [0.2, 0.25) is 0 Å². The molecular weight excluding hydrogens is 237 g/mol. The summed E-state index contributed by atoms with van der Waals surface area (Å²) < 4.78 is 18.4. The lowest BCUT2D eigenvalue weighted by atomic mass is 9.95. The highest BCUT2D eigenvalue weighted by Crippen LogP contribution is 2.30. The third-order valence-electron chi connectivity index (χ3n) is 2.93. The van der Waals surface area contributed by atoms with Crippen LogP contribution in [-0.2, 0) is 4.79 Å². The molecule has 1 aromatic carbocycles. The maximum Gasteiger partial charge on any atom is 0.306 e. The quantitative estimate of drug-likeness (QED) is 0.818. The van der Waals surface area contributed by atoms with Crippen molar-refractivity contribution in [2.75, 3.05) is 14.2 Å². The molecule has 0 saturated carbocycles. The Hall–Kier alpha value is -1.62. The van der Waals surface area contributed by atoms with Gasteiger partial charge in [0.05, 0.1) is 13.0 Å². The summed E-state index contributed by atoms with van der Waals surface area (Å²) in [5.41, 5.74) is 0.633. The van der Waals surface area contributed by atoms with Crippen LogP contribution in [-0.4, -0.2) is 25.2 Å². The van der Waals surface area contributed by atoms with Crippen LogP contribution in [0.3, 0.4) is 0 Å². The second-order valence-corrected chi connectivity index (χ2v) is 4.20. The van der Waals surface area contributed by atoms with Gasteiger partial charge in [-0.15, -0.1) is 0 Å². The van der Waals surface area contributed by atoms with Crippen molar-refractivity contribution in [1.82, 2.24) is 5.32 Å². The van der Waals surface area contributed by atoms with Crippen LogP contribution in [0.15, 0.2) is 18.2 Å². The fraction of sp³-hybridized carbons (Fsp3) is 0.462. The molecule has 0 bridgehead atoms. The molecule has 0 aliphatic rings. The van der Waals surface area contributed by atoms with E-state index in [4.69, 9.17) is 9.84 Å². The molecule has 1 aromatic rings. The Bertz CT molecular complexity index is 423. The summed E-state index contributed by atoms with van der Waals surface area (Å²) in [7, 11) is 3.22. The summed E-state index contributed by atoms with van der Waals surface area (Å²) in [6.45, 7) is 1.62. The van der Waals surface area contributed by atoms with Crippen LogP contribution < -0.4 is 10.1 Å². The monoisotopic (exact) mass is 255 g/mol. The molecule has 0 spiro atoms. The second-order valence-electron chi connectivity index (χ2n) is 4.20. The molecule has 0 fully saturated rings. The number of nitrogens with one attached hydrogen (secondary N) is 1. The van der Waals surface area contributed by atoms with Crippen LogP contribution in [0.4, 0.5) is 4.39 Å². The number of methoxy groups -OCH3 is 1. The third-order valence-corrected chi connectivity index (χ3v) is 2.93.